The van der Waals surface area contributed by atoms with E-state index in [0.717, 1.165) is 38.0 Å². The van der Waals surface area contributed by atoms with Crippen LogP contribution in [0.5, 0.6) is 5.75 Å². The highest BCUT2D eigenvalue weighted by atomic mass is 32.2. The number of nitrogens with zero attached hydrogens (tertiary/aromatic N) is 1. The molecule has 0 atom stereocenters. The predicted octanol–water partition coefficient (Wildman–Crippen LogP) is 7.65. The van der Waals surface area contributed by atoms with Crippen LogP contribution in [0, 0.1) is 0 Å². The first-order valence-corrected chi connectivity index (χ1v) is 13.1. The van der Waals surface area contributed by atoms with E-state index in [0.29, 0.717) is 5.75 Å². The van der Waals surface area contributed by atoms with Crippen LogP contribution >= 0.6 is 23.5 Å². The first-order chi connectivity index (χ1) is 16.2. The molecule has 1 heterocycles. The first kappa shape index (κ1) is 21.7. The van der Waals surface area contributed by atoms with E-state index in [9.17, 15) is 4.79 Å². The van der Waals surface area contributed by atoms with Crippen LogP contribution < -0.4 is 9.64 Å². The van der Waals surface area contributed by atoms with Crippen LogP contribution in [-0.2, 0) is 4.79 Å². The van der Waals surface area contributed by atoms with Gasteiger partial charge in [-0.2, -0.15) is 0 Å². The second kappa shape index (κ2) is 9.38. The van der Waals surface area contributed by atoms with E-state index in [1.54, 1.807) is 23.5 Å². The zero-order valence-electron chi connectivity index (χ0n) is 18.4. The fourth-order valence-corrected chi connectivity index (χ4v) is 5.52. The number of fused-ring (bicyclic) bond motifs is 2. The fourth-order valence-electron chi connectivity index (χ4n) is 4.35. The highest BCUT2D eigenvalue weighted by molar-refractivity contribution is 7.99. The molecular formula is C28H23NO2S2. The van der Waals surface area contributed by atoms with Crippen molar-refractivity contribution in [2.24, 2.45) is 0 Å². The van der Waals surface area contributed by atoms with Gasteiger partial charge in [0.05, 0.1) is 21.2 Å². The van der Waals surface area contributed by atoms with Crippen LogP contribution in [-0.4, -0.2) is 18.5 Å². The molecule has 3 nitrogen and oxygen atoms in total. The molecule has 1 aliphatic rings. The Morgan fingerprint density at radius 2 is 1.21 bits per heavy atom. The summed E-state index contributed by atoms with van der Waals surface area (Å²) in [6.07, 6.45) is 4.00. The molecule has 5 heteroatoms. The number of thioether (sulfide) groups is 2. The number of carbonyl (C=O) groups excluding carboxylic acids is 1. The quantitative estimate of drug-likeness (QED) is 0.170. The molecule has 0 saturated heterocycles. The molecule has 0 radical (unpaired) electrons. The lowest BCUT2D eigenvalue weighted by Crippen LogP contribution is -2.28. The Morgan fingerprint density at radius 1 is 0.697 bits per heavy atom. The Balaban J connectivity index is 1.64. The van der Waals surface area contributed by atoms with Crippen LogP contribution in [0.4, 0.5) is 17.1 Å². The van der Waals surface area contributed by atoms with E-state index in [1.807, 2.05) is 85.3 Å². The minimum atomic E-state index is -0.512. The third-order valence-corrected chi connectivity index (χ3v) is 7.34. The van der Waals surface area contributed by atoms with Crippen LogP contribution in [0.3, 0.4) is 0 Å². The average Bonchev–Trinajstić information content (AvgIpc) is 2.87. The van der Waals surface area contributed by atoms with Gasteiger partial charge in [0, 0.05) is 5.69 Å². The van der Waals surface area contributed by atoms with Gasteiger partial charge in [0.15, 0.2) is 5.75 Å². The number of ether oxygens (including phenoxy) is 1. The molecule has 1 aliphatic heterocycles. The first-order valence-electron chi connectivity index (χ1n) is 10.7. The Labute approximate surface area is 202 Å². The zero-order valence-corrected chi connectivity index (χ0v) is 20.0. The van der Waals surface area contributed by atoms with Gasteiger partial charge in [-0.25, -0.2) is 0 Å². The van der Waals surface area contributed by atoms with Crippen molar-refractivity contribution in [3.8, 4) is 5.75 Å². The number of anilines is 3. The van der Waals surface area contributed by atoms with Crippen molar-refractivity contribution in [2.45, 2.75) is 15.7 Å². The van der Waals surface area contributed by atoms with Crippen molar-refractivity contribution in [1.82, 2.24) is 0 Å². The van der Waals surface area contributed by atoms with Gasteiger partial charge in [-0.1, -0.05) is 60.7 Å². The van der Waals surface area contributed by atoms with Crippen LogP contribution in [0.2, 0.25) is 0 Å². The lowest BCUT2D eigenvalue weighted by Gasteiger charge is -2.36. The maximum Gasteiger partial charge on any atom is 0.323 e. The third kappa shape index (κ3) is 3.92. The maximum absolute atomic E-state index is 13.8. The molecule has 0 fully saturated rings. The van der Waals surface area contributed by atoms with Gasteiger partial charge in [-0.15, -0.1) is 23.5 Å². The molecule has 0 unspecified atom stereocenters. The fraction of sp³-hybridized carbons (Fsp3) is 0.107. The number of rotatable bonds is 5. The smallest absolute Gasteiger partial charge is 0.323 e. The lowest BCUT2D eigenvalue weighted by atomic mass is 9.84. The van der Waals surface area contributed by atoms with Crippen molar-refractivity contribution in [1.29, 1.82) is 0 Å². The van der Waals surface area contributed by atoms with Crippen molar-refractivity contribution in [3.05, 3.63) is 108 Å². The van der Waals surface area contributed by atoms with E-state index in [1.165, 1.54) is 0 Å². The maximum atomic E-state index is 13.8. The van der Waals surface area contributed by atoms with E-state index in [-0.39, 0.29) is 5.97 Å². The van der Waals surface area contributed by atoms with Gasteiger partial charge in [0.25, 0.3) is 0 Å². The molecule has 0 saturated carbocycles. The van der Waals surface area contributed by atoms with Crippen molar-refractivity contribution in [2.75, 3.05) is 17.4 Å². The molecular weight excluding hydrogens is 446 g/mol. The van der Waals surface area contributed by atoms with Gasteiger partial charge < -0.3 is 9.64 Å². The molecule has 0 amide bonds. The highest BCUT2D eigenvalue weighted by Gasteiger charge is 2.36. The summed E-state index contributed by atoms with van der Waals surface area (Å²) >= 11 is 3.17. The van der Waals surface area contributed by atoms with E-state index in [2.05, 4.69) is 29.2 Å². The highest BCUT2D eigenvalue weighted by Crippen LogP contribution is 2.49. The SMILES string of the molecule is CSc1cccc(SC)c1OC(=O)C1c2ccccc2N(c2ccccc2)c2ccccc21. The average molecular weight is 470 g/mol. The van der Waals surface area contributed by atoms with Gasteiger partial charge in [-0.05, 0) is 60.0 Å². The molecule has 4 aromatic carbocycles. The largest absolute Gasteiger partial charge is 0.423 e. The lowest BCUT2D eigenvalue weighted by molar-refractivity contribution is -0.135. The summed E-state index contributed by atoms with van der Waals surface area (Å²) in [6, 6.07) is 32.4. The number of carbonyl (C=O) groups is 1. The van der Waals surface area contributed by atoms with Crippen molar-refractivity contribution < 1.29 is 9.53 Å². The number of benzene rings is 4. The topological polar surface area (TPSA) is 29.5 Å². The second-order valence-corrected chi connectivity index (χ2v) is 9.33. The van der Waals surface area contributed by atoms with E-state index in [4.69, 9.17) is 4.74 Å². The summed E-state index contributed by atoms with van der Waals surface area (Å²) < 4.78 is 6.15. The molecule has 164 valence electrons. The van der Waals surface area contributed by atoms with E-state index < -0.39 is 5.92 Å². The summed E-state index contributed by atoms with van der Waals surface area (Å²) in [5.41, 5.74) is 4.93. The van der Waals surface area contributed by atoms with Gasteiger partial charge in [0.2, 0.25) is 0 Å². The third-order valence-electron chi connectivity index (χ3n) is 5.81. The molecule has 0 aliphatic carbocycles. The standard InChI is InChI=1S/C28H23NO2S2/c1-32-24-17-10-18-25(33-2)27(24)31-28(30)26-20-13-6-8-15-22(20)29(19-11-4-3-5-12-19)23-16-9-7-14-21(23)26/h3-18,26H,1-2H3. The second-order valence-electron chi connectivity index (χ2n) is 7.63. The number of para-hydroxylation sites is 4. The van der Waals surface area contributed by atoms with Crippen LogP contribution in [0.15, 0.2) is 107 Å². The molecule has 0 N–H and O–H groups in total. The molecule has 4 aromatic rings. The number of hydrogen-bond acceptors (Lipinski definition) is 5. The summed E-state index contributed by atoms with van der Waals surface area (Å²) in [5, 5.41) is 0. The normalized spacial score (nSPS) is 12.7. The number of hydrogen-bond donors (Lipinski definition) is 0. The Bertz CT molecular complexity index is 1240. The molecule has 0 aromatic heterocycles. The van der Waals surface area contributed by atoms with E-state index >= 15 is 0 Å². The summed E-state index contributed by atoms with van der Waals surface area (Å²) in [7, 11) is 0. The van der Waals surface area contributed by atoms with Crippen LogP contribution in [0.25, 0.3) is 0 Å². The van der Waals surface area contributed by atoms with Gasteiger partial charge in [-0.3, -0.25) is 4.79 Å². The summed E-state index contributed by atoms with van der Waals surface area (Å²) in [6.45, 7) is 0. The minimum Gasteiger partial charge on any atom is -0.423 e. The Hall–Kier alpha value is -3.15. The monoisotopic (exact) mass is 469 g/mol. The minimum absolute atomic E-state index is 0.264. The number of esters is 1. The molecule has 33 heavy (non-hydrogen) atoms. The Kier molecular flexibility index (Phi) is 6.16. The summed E-state index contributed by atoms with van der Waals surface area (Å²) in [5.74, 6) is -0.135. The van der Waals surface area contributed by atoms with Gasteiger partial charge in [0.1, 0.15) is 5.92 Å². The predicted molar refractivity (Wildman–Crippen MR) is 139 cm³/mol. The van der Waals surface area contributed by atoms with Crippen LogP contribution in [0.1, 0.15) is 17.0 Å². The summed E-state index contributed by atoms with van der Waals surface area (Å²) in [4.78, 5) is 17.9. The van der Waals surface area contributed by atoms with Crippen molar-refractivity contribution in [3.63, 3.8) is 0 Å². The van der Waals surface area contributed by atoms with Crippen molar-refractivity contribution >= 4 is 46.6 Å². The molecule has 5 rings (SSSR count). The Morgan fingerprint density at radius 3 is 1.76 bits per heavy atom. The zero-order chi connectivity index (χ0) is 22.8. The molecule has 0 spiro atoms. The van der Waals surface area contributed by atoms with Gasteiger partial charge >= 0.3 is 5.97 Å². The molecule has 0 bridgehead atoms.